The van der Waals surface area contributed by atoms with Gasteiger partial charge in [0.05, 0.1) is 24.1 Å². The van der Waals surface area contributed by atoms with Crippen molar-refractivity contribution >= 4 is 16.9 Å². The van der Waals surface area contributed by atoms with Gasteiger partial charge in [0.1, 0.15) is 11.3 Å². The van der Waals surface area contributed by atoms with Crippen LogP contribution in [0.5, 0.6) is 5.75 Å². The quantitative estimate of drug-likeness (QED) is 0.429. The van der Waals surface area contributed by atoms with Crippen LogP contribution >= 0.6 is 0 Å². The van der Waals surface area contributed by atoms with Crippen LogP contribution in [0.2, 0.25) is 0 Å². The maximum Gasteiger partial charge on any atom is 0.290 e. The predicted octanol–water partition coefficient (Wildman–Crippen LogP) is 5.21. The first-order valence-electron chi connectivity index (χ1n) is 11.0. The Bertz CT molecular complexity index is 1400. The second-order valence-electron chi connectivity index (χ2n) is 8.58. The van der Waals surface area contributed by atoms with Crippen molar-refractivity contribution in [3.63, 3.8) is 0 Å². The van der Waals surface area contributed by atoms with Gasteiger partial charge in [0.2, 0.25) is 5.76 Å². The molecule has 5 rings (SSSR count). The van der Waals surface area contributed by atoms with Gasteiger partial charge in [-0.1, -0.05) is 53.6 Å². The molecule has 0 saturated carbocycles. The Kier molecular flexibility index (Phi) is 5.25. The minimum absolute atomic E-state index is 0.138. The fourth-order valence-corrected chi connectivity index (χ4v) is 4.50. The van der Waals surface area contributed by atoms with Crippen molar-refractivity contribution in [3.05, 3.63) is 111 Å². The minimum Gasteiger partial charge on any atom is -0.497 e. The molecule has 1 atom stereocenters. The van der Waals surface area contributed by atoms with E-state index in [2.05, 4.69) is 0 Å². The molecule has 0 fully saturated rings. The molecule has 0 aliphatic carbocycles. The third kappa shape index (κ3) is 3.69. The van der Waals surface area contributed by atoms with E-state index in [-0.39, 0.29) is 17.1 Å². The number of carbonyl (C=O) groups excluding carboxylic acids is 1. The Morgan fingerprint density at radius 2 is 1.61 bits per heavy atom. The number of amides is 1. The van der Waals surface area contributed by atoms with Gasteiger partial charge in [-0.05, 0) is 55.7 Å². The summed E-state index contributed by atoms with van der Waals surface area (Å²) in [6.07, 6.45) is 0.652. The van der Waals surface area contributed by atoms with E-state index in [0.29, 0.717) is 29.5 Å². The lowest BCUT2D eigenvalue weighted by atomic mass is 9.97. The number of nitrogens with zero attached hydrogens (tertiary/aromatic N) is 1. The van der Waals surface area contributed by atoms with Gasteiger partial charge in [-0.3, -0.25) is 9.59 Å². The molecule has 1 aliphatic rings. The molecule has 5 nitrogen and oxygen atoms in total. The Morgan fingerprint density at radius 3 is 2.30 bits per heavy atom. The lowest BCUT2D eigenvalue weighted by Crippen LogP contribution is -2.31. The number of carbonyl (C=O) groups is 1. The Balaban J connectivity index is 1.60. The summed E-state index contributed by atoms with van der Waals surface area (Å²) < 4.78 is 11.3. The average Bonchev–Trinajstić information content (AvgIpc) is 3.11. The molecule has 1 unspecified atom stereocenters. The molecule has 0 N–H and O–H groups in total. The zero-order valence-electron chi connectivity index (χ0n) is 18.9. The van der Waals surface area contributed by atoms with E-state index in [9.17, 15) is 9.59 Å². The summed E-state index contributed by atoms with van der Waals surface area (Å²) in [5.74, 6) is 0.693. The lowest BCUT2D eigenvalue weighted by molar-refractivity contribution is 0.0730. The number of fused-ring (bicyclic) bond motifs is 2. The summed E-state index contributed by atoms with van der Waals surface area (Å²) in [6.45, 7) is 4.42. The van der Waals surface area contributed by atoms with Crippen molar-refractivity contribution in [2.24, 2.45) is 0 Å². The highest BCUT2D eigenvalue weighted by Crippen LogP contribution is 2.38. The number of hydrogen-bond donors (Lipinski definition) is 0. The van der Waals surface area contributed by atoms with Crippen LogP contribution in [0.1, 0.15) is 44.4 Å². The van der Waals surface area contributed by atoms with Crippen LogP contribution in [0.3, 0.4) is 0 Å². The zero-order chi connectivity index (χ0) is 23.1. The number of hydrogen-bond acceptors (Lipinski definition) is 4. The second kappa shape index (κ2) is 8.24. The minimum atomic E-state index is -0.479. The molecular formula is C28H25NO4. The van der Waals surface area contributed by atoms with E-state index < -0.39 is 6.04 Å². The molecule has 0 spiro atoms. The highest BCUT2D eigenvalue weighted by atomic mass is 16.5. The lowest BCUT2D eigenvalue weighted by Gasteiger charge is -2.25. The summed E-state index contributed by atoms with van der Waals surface area (Å²) in [7, 11) is 1.64. The normalized spacial score (nSPS) is 15.2. The van der Waals surface area contributed by atoms with Crippen molar-refractivity contribution in [2.45, 2.75) is 26.3 Å². The molecule has 0 bridgehead atoms. The summed E-state index contributed by atoms with van der Waals surface area (Å²) in [5, 5.41) is 0.510. The SMILES string of the molecule is COc1ccc(CCN2C(=O)c3oc4ccc(C)cc4c(=O)c3C2c2ccc(C)cc2)cc1. The number of methoxy groups -OCH3 is 1. The monoisotopic (exact) mass is 439 g/mol. The van der Waals surface area contributed by atoms with Gasteiger partial charge in [-0.25, -0.2) is 0 Å². The number of rotatable bonds is 5. The third-order valence-electron chi connectivity index (χ3n) is 6.31. The molecular weight excluding hydrogens is 414 g/mol. The standard InChI is InChI=1S/C28H25NO4/c1-17-4-9-20(10-5-17)25-24-26(30)22-16-18(2)6-13-23(22)33-27(24)28(31)29(25)15-14-19-7-11-21(32-3)12-8-19/h4-13,16,25H,14-15H2,1-3H3. The van der Waals surface area contributed by atoms with Crippen LogP contribution in [0, 0.1) is 13.8 Å². The largest absolute Gasteiger partial charge is 0.497 e. The van der Waals surface area contributed by atoms with E-state index in [1.165, 1.54) is 0 Å². The van der Waals surface area contributed by atoms with Crippen LogP contribution in [0.4, 0.5) is 0 Å². The van der Waals surface area contributed by atoms with Crippen molar-refractivity contribution in [3.8, 4) is 5.75 Å². The van der Waals surface area contributed by atoms with Gasteiger partial charge < -0.3 is 14.1 Å². The van der Waals surface area contributed by atoms with Crippen molar-refractivity contribution < 1.29 is 13.9 Å². The summed E-state index contributed by atoms with van der Waals surface area (Å²) in [5.41, 5.74) is 4.82. The number of ether oxygens (including phenoxy) is 1. The predicted molar refractivity (Wildman–Crippen MR) is 128 cm³/mol. The van der Waals surface area contributed by atoms with E-state index in [4.69, 9.17) is 9.15 Å². The topological polar surface area (TPSA) is 59.8 Å². The third-order valence-corrected chi connectivity index (χ3v) is 6.31. The molecule has 2 heterocycles. The van der Waals surface area contributed by atoms with Crippen molar-refractivity contribution in [1.82, 2.24) is 4.90 Å². The first-order valence-corrected chi connectivity index (χ1v) is 11.0. The summed E-state index contributed by atoms with van der Waals surface area (Å²) in [4.78, 5) is 28.9. The molecule has 1 amide bonds. The van der Waals surface area contributed by atoms with E-state index in [0.717, 1.165) is 28.0 Å². The van der Waals surface area contributed by atoms with Crippen LogP contribution in [-0.4, -0.2) is 24.5 Å². The molecule has 4 aromatic rings. The van der Waals surface area contributed by atoms with Crippen LogP contribution < -0.4 is 10.2 Å². The van der Waals surface area contributed by atoms with Crippen molar-refractivity contribution in [2.75, 3.05) is 13.7 Å². The van der Waals surface area contributed by atoms with Gasteiger partial charge >= 0.3 is 0 Å². The maximum absolute atomic E-state index is 13.6. The van der Waals surface area contributed by atoms with Crippen LogP contribution in [-0.2, 0) is 6.42 Å². The van der Waals surface area contributed by atoms with E-state index >= 15 is 0 Å². The first kappa shape index (κ1) is 21.0. The second-order valence-corrected chi connectivity index (χ2v) is 8.58. The molecule has 1 aliphatic heterocycles. The van der Waals surface area contributed by atoms with Gasteiger partial charge in [-0.2, -0.15) is 0 Å². The smallest absolute Gasteiger partial charge is 0.290 e. The fourth-order valence-electron chi connectivity index (χ4n) is 4.50. The highest BCUT2D eigenvalue weighted by molar-refractivity contribution is 5.99. The molecule has 33 heavy (non-hydrogen) atoms. The van der Waals surface area contributed by atoms with E-state index in [1.807, 2.05) is 74.5 Å². The summed E-state index contributed by atoms with van der Waals surface area (Å²) in [6, 6.07) is 20.8. The van der Waals surface area contributed by atoms with Crippen LogP contribution in [0.15, 0.2) is 75.9 Å². The molecule has 1 aromatic heterocycles. The Labute approximate surface area is 192 Å². The highest BCUT2D eigenvalue weighted by Gasteiger charge is 2.42. The maximum atomic E-state index is 13.6. The molecule has 0 saturated heterocycles. The van der Waals surface area contributed by atoms with Gasteiger partial charge in [0.25, 0.3) is 5.91 Å². The zero-order valence-corrected chi connectivity index (χ0v) is 18.9. The Morgan fingerprint density at radius 1 is 0.909 bits per heavy atom. The first-order chi connectivity index (χ1) is 16.0. The van der Waals surface area contributed by atoms with Crippen molar-refractivity contribution in [1.29, 1.82) is 0 Å². The number of benzene rings is 3. The van der Waals surface area contributed by atoms with Gasteiger partial charge in [0.15, 0.2) is 5.43 Å². The van der Waals surface area contributed by atoms with Gasteiger partial charge in [-0.15, -0.1) is 0 Å². The Hall–Kier alpha value is -3.86. The molecule has 3 aromatic carbocycles. The molecule has 166 valence electrons. The number of aryl methyl sites for hydroxylation is 2. The average molecular weight is 440 g/mol. The van der Waals surface area contributed by atoms with E-state index in [1.54, 1.807) is 18.1 Å². The fraction of sp³-hybridized carbons (Fsp3) is 0.214. The van der Waals surface area contributed by atoms with Crippen LogP contribution in [0.25, 0.3) is 11.0 Å². The van der Waals surface area contributed by atoms with Gasteiger partial charge in [0, 0.05) is 6.54 Å². The molecule has 5 heteroatoms. The summed E-state index contributed by atoms with van der Waals surface area (Å²) >= 11 is 0. The molecule has 0 radical (unpaired) electrons.